The standard InChI is InChI=1S/C18H25BrO2/c1-11-6-17(20-2)18(21-3)10-15(11)16(19)9-14-8-12-4-5-13(14)7-12/h6,10,12-14,16H,4-5,7-9H2,1-3H3. The van der Waals surface area contributed by atoms with Gasteiger partial charge in [0, 0.05) is 4.83 Å². The van der Waals surface area contributed by atoms with E-state index < -0.39 is 0 Å². The van der Waals surface area contributed by atoms with Gasteiger partial charge >= 0.3 is 0 Å². The molecule has 2 fully saturated rings. The molecular weight excluding hydrogens is 328 g/mol. The van der Waals surface area contributed by atoms with Crippen LogP contribution < -0.4 is 9.47 Å². The van der Waals surface area contributed by atoms with Crippen LogP contribution >= 0.6 is 15.9 Å². The van der Waals surface area contributed by atoms with Crippen molar-refractivity contribution in [1.82, 2.24) is 0 Å². The molecule has 0 aliphatic heterocycles. The molecule has 0 saturated heterocycles. The fraction of sp³-hybridized carbons (Fsp3) is 0.667. The van der Waals surface area contributed by atoms with E-state index in [1.807, 2.05) is 0 Å². The van der Waals surface area contributed by atoms with Crippen molar-refractivity contribution < 1.29 is 9.47 Å². The second-order valence-corrected chi connectivity index (χ2v) is 7.81. The third kappa shape index (κ3) is 2.94. The van der Waals surface area contributed by atoms with E-state index in [0.29, 0.717) is 4.83 Å². The van der Waals surface area contributed by atoms with Gasteiger partial charge in [-0.05, 0) is 73.6 Å². The van der Waals surface area contributed by atoms with Gasteiger partial charge in [0.05, 0.1) is 14.2 Å². The highest BCUT2D eigenvalue weighted by molar-refractivity contribution is 9.09. The van der Waals surface area contributed by atoms with E-state index in [0.717, 1.165) is 29.3 Å². The molecule has 0 radical (unpaired) electrons. The first kappa shape index (κ1) is 15.2. The van der Waals surface area contributed by atoms with Gasteiger partial charge in [0.1, 0.15) is 0 Å². The Balaban J connectivity index is 1.76. The predicted octanol–water partition coefficient (Wildman–Crippen LogP) is 5.27. The Kier molecular flexibility index (Phi) is 4.49. The molecule has 2 saturated carbocycles. The number of ether oxygens (including phenoxy) is 2. The van der Waals surface area contributed by atoms with Crippen molar-refractivity contribution >= 4 is 15.9 Å². The summed E-state index contributed by atoms with van der Waals surface area (Å²) >= 11 is 3.93. The Bertz CT molecular complexity index is 514. The van der Waals surface area contributed by atoms with E-state index in [4.69, 9.17) is 9.47 Å². The number of fused-ring (bicyclic) bond motifs is 2. The highest BCUT2D eigenvalue weighted by Gasteiger charge is 2.40. The van der Waals surface area contributed by atoms with E-state index in [1.165, 1.54) is 43.2 Å². The van der Waals surface area contributed by atoms with Crippen LogP contribution in [0.15, 0.2) is 12.1 Å². The molecule has 0 amide bonds. The molecule has 2 nitrogen and oxygen atoms in total. The molecule has 0 N–H and O–H groups in total. The smallest absolute Gasteiger partial charge is 0.161 e. The van der Waals surface area contributed by atoms with Gasteiger partial charge in [-0.1, -0.05) is 22.4 Å². The zero-order chi connectivity index (χ0) is 15.0. The van der Waals surface area contributed by atoms with Crippen molar-refractivity contribution in [2.75, 3.05) is 14.2 Å². The van der Waals surface area contributed by atoms with Crippen molar-refractivity contribution in [2.24, 2.45) is 17.8 Å². The predicted molar refractivity (Wildman–Crippen MR) is 89.5 cm³/mol. The molecule has 2 aliphatic carbocycles. The minimum Gasteiger partial charge on any atom is -0.493 e. The number of hydrogen-bond donors (Lipinski definition) is 0. The quantitative estimate of drug-likeness (QED) is 0.671. The molecule has 3 rings (SSSR count). The zero-order valence-corrected chi connectivity index (χ0v) is 14.8. The number of alkyl halides is 1. The molecule has 1 aromatic rings. The Hall–Kier alpha value is -0.700. The average molecular weight is 353 g/mol. The van der Waals surface area contributed by atoms with Crippen molar-refractivity contribution in [3.8, 4) is 11.5 Å². The lowest BCUT2D eigenvalue weighted by Gasteiger charge is -2.25. The van der Waals surface area contributed by atoms with Gasteiger partial charge in [-0.2, -0.15) is 0 Å². The van der Waals surface area contributed by atoms with Crippen LogP contribution in [0.25, 0.3) is 0 Å². The van der Waals surface area contributed by atoms with Crippen molar-refractivity contribution in [3.05, 3.63) is 23.3 Å². The van der Waals surface area contributed by atoms with Crippen molar-refractivity contribution in [2.45, 2.75) is 43.9 Å². The number of hydrogen-bond acceptors (Lipinski definition) is 2. The topological polar surface area (TPSA) is 18.5 Å². The summed E-state index contributed by atoms with van der Waals surface area (Å²) in [5.74, 6) is 4.55. The Morgan fingerprint density at radius 2 is 1.86 bits per heavy atom. The van der Waals surface area contributed by atoms with Crippen LogP contribution in [0.5, 0.6) is 11.5 Å². The Morgan fingerprint density at radius 3 is 2.43 bits per heavy atom. The summed E-state index contributed by atoms with van der Waals surface area (Å²) in [4.78, 5) is 0.418. The van der Waals surface area contributed by atoms with Gasteiger partial charge in [-0.25, -0.2) is 0 Å². The molecule has 4 unspecified atom stereocenters. The van der Waals surface area contributed by atoms with E-state index in [9.17, 15) is 0 Å². The van der Waals surface area contributed by atoms with Gasteiger partial charge in [-0.15, -0.1) is 0 Å². The largest absolute Gasteiger partial charge is 0.493 e. The summed E-state index contributed by atoms with van der Waals surface area (Å²) in [5.41, 5.74) is 2.62. The first-order chi connectivity index (χ1) is 10.1. The number of halogens is 1. The second kappa shape index (κ2) is 6.20. The minimum absolute atomic E-state index is 0.418. The molecule has 3 heteroatoms. The zero-order valence-electron chi connectivity index (χ0n) is 13.2. The molecule has 2 aliphatic rings. The lowest BCUT2D eigenvalue weighted by Crippen LogP contribution is -2.12. The highest BCUT2D eigenvalue weighted by Crippen LogP contribution is 2.52. The maximum Gasteiger partial charge on any atom is 0.161 e. The van der Waals surface area contributed by atoms with Crippen LogP contribution in [-0.4, -0.2) is 14.2 Å². The molecule has 4 atom stereocenters. The van der Waals surface area contributed by atoms with Crippen LogP contribution in [0.4, 0.5) is 0 Å². The summed E-state index contributed by atoms with van der Waals surface area (Å²) < 4.78 is 10.8. The first-order valence-corrected chi connectivity index (χ1v) is 8.90. The summed E-state index contributed by atoms with van der Waals surface area (Å²) in [6, 6.07) is 4.23. The summed E-state index contributed by atoms with van der Waals surface area (Å²) in [6.45, 7) is 2.16. The van der Waals surface area contributed by atoms with Crippen molar-refractivity contribution in [3.63, 3.8) is 0 Å². The van der Waals surface area contributed by atoms with Gasteiger partial charge in [0.15, 0.2) is 11.5 Å². The molecule has 0 aromatic heterocycles. The summed E-state index contributed by atoms with van der Waals surface area (Å²) in [6.07, 6.45) is 7.11. The Morgan fingerprint density at radius 1 is 1.14 bits per heavy atom. The fourth-order valence-electron chi connectivity index (χ4n) is 4.39. The van der Waals surface area contributed by atoms with Crippen LogP contribution in [0, 0.1) is 24.7 Å². The molecule has 1 aromatic carbocycles. The molecule has 21 heavy (non-hydrogen) atoms. The normalized spacial score (nSPS) is 28.7. The Labute approximate surface area is 136 Å². The molecule has 0 heterocycles. The van der Waals surface area contributed by atoms with E-state index in [-0.39, 0.29) is 0 Å². The van der Waals surface area contributed by atoms with Crippen LogP contribution in [0.2, 0.25) is 0 Å². The average Bonchev–Trinajstić information content (AvgIpc) is 3.09. The third-order valence-electron chi connectivity index (χ3n) is 5.50. The maximum absolute atomic E-state index is 5.46. The minimum atomic E-state index is 0.418. The second-order valence-electron chi connectivity index (χ2n) is 6.70. The van der Waals surface area contributed by atoms with Gasteiger partial charge in [-0.3, -0.25) is 0 Å². The number of methoxy groups -OCH3 is 2. The SMILES string of the molecule is COc1cc(C)c(C(Br)CC2CC3CCC2C3)cc1OC. The monoisotopic (exact) mass is 352 g/mol. The van der Waals surface area contributed by atoms with Crippen LogP contribution in [0.1, 0.15) is 48.1 Å². The van der Waals surface area contributed by atoms with Crippen LogP contribution in [-0.2, 0) is 0 Å². The van der Waals surface area contributed by atoms with Gasteiger partial charge in [0.25, 0.3) is 0 Å². The van der Waals surface area contributed by atoms with Crippen molar-refractivity contribution in [1.29, 1.82) is 0 Å². The van der Waals surface area contributed by atoms with Gasteiger partial charge in [0.2, 0.25) is 0 Å². The molecular formula is C18H25BrO2. The molecule has 116 valence electrons. The molecule has 0 spiro atoms. The van der Waals surface area contributed by atoms with Crippen LogP contribution in [0.3, 0.4) is 0 Å². The van der Waals surface area contributed by atoms with E-state index in [1.54, 1.807) is 14.2 Å². The number of benzene rings is 1. The fourth-order valence-corrected chi connectivity index (χ4v) is 5.37. The number of rotatable bonds is 5. The van der Waals surface area contributed by atoms with Gasteiger partial charge < -0.3 is 9.47 Å². The maximum atomic E-state index is 5.46. The van der Waals surface area contributed by atoms with E-state index in [2.05, 4.69) is 35.0 Å². The lowest BCUT2D eigenvalue weighted by molar-refractivity contribution is 0.313. The highest BCUT2D eigenvalue weighted by atomic mass is 79.9. The molecule has 2 bridgehead atoms. The third-order valence-corrected chi connectivity index (χ3v) is 6.37. The lowest BCUT2D eigenvalue weighted by atomic mass is 9.84. The first-order valence-electron chi connectivity index (χ1n) is 7.99. The summed E-state index contributed by atoms with van der Waals surface area (Å²) in [5, 5.41) is 0. The van der Waals surface area contributed by atoms with E-state index >= 15 is 0 Å². The number of aryl methyl sites for hydroxylation is 1. The summed E-state index contributed by atoms with van der Waals surface area (Å²) in [7, 11) is 3.40.